The van der Waals surface area contributed by atoms with Gasteiger partial charge in [0.1, 0.15) is 11.2 Å². The smallest absolute Gasteiger partial charge is 0.235 e. The van der Waals surface area contributed by atoms with Crippen molar-refractivity contribution in [3.8, 4) is 17.2 Å². The molecule has 0 radical (unpaired) electrons. The Kier molecular flexibility index (Phi) is 5.73. The Morgan fingerprint density at radius 3 is 1.84 bits per heavy atom. The Morgan fingerprint density at radius 1 is 0.345 bits per heavy atom. The van der Waals surface area contributed by atoms with E-state index in [9.17, 15) is 0 Å². The van der Waals surface area contributed by atoms with Gasteiger partial charge in [-0.25, -0.2) is 9.97 Å². The van der Waals surface area contributed by atoms with E-state index in [1.54, 1.807) is 0 Å². The van der Waals surface area contributed by atoms with Crippen molar-refractivity contribution < 1.29 is 4.42 Å². The Morgan fingerprint density at radius 2 is 0.983 bits per heavy atom. The number of para-hydroxylation sites is 3. The van der Waals surface area contributed by atoms with Gasteiger partial charge in [-0.2, -0.15) is 0 Å². The molecule has 0 aliphatic heterocycles. The molecule has 0 aliphatic carbocycles. The number of fused-ring (bicyclic) bond motifs is 14. The predicted molar refractivity (Wildman–Crippen MR) is 243 cm³/mol. The fourth-order valence-corrected chi connectivity index (χ4v) is 10.3. The molecule has 0 amide bonds. The lowest BCUT2D eigenvalue weighted by molar-refractivity contribution is 0.669. The zero-order valence-corrected chi connectivity index (χ0v) is 31.0. The van der Waals surface area contributed by atoms with Gasteiger partial charge < -0.3 is 4.42 Å². The third-order valence-electron chi connectivity index (χ3n) is 12.7. The highest BCUT2D eigenvalue weighted by molar-refractivity contribution is 6.41. The number of hydrogen-bond acceptors (Lipinski definition) is 3. The molecule has 266 valence electrons. The summed E-state index contributed by atoms with van der Waals surface area (Å²) in [5.41, 5.74) is 6.83. The summed E-state index contributed by atoms with van der Waals surface area (Å²) in [7, 11) is 0. The number of benzene rings is 11. The number of rotatable bonds is 2. The van der Waals surface area contributed by atoms with Crippen LogP contribution in [0, 0.1) is 0 Å². The Balaban J connectivity index is 1.12. The molecular formula is C54H29N3O. The first-order valence-corrected chi connectivity index (χ1v) is 19.8. The largest absolute Gasteiger partial charge is 0.456 e. The van der Waals surface area contributed by atoms with E-state index in [0.717, 1.165) is 49.7 Å². The molecule has 0 fully saturated rings. The van der Waals surface area contributed by atoms with E-state index >= 15 is 0 Å². The zero-order valence-electron chi connectivity index (χ0n) is 31.0. The summed E-state index contributed by atoms with van der Waals surface area (Å²) in [6.07, 6.45) is 0. The summed E-state index contributed by atoms with van der Waals surface area (Å²) >= 11 is 0. The number of nitrogens with zero attached hydrogens (tertiary/aromatic N) is 3. The van der Waals surface area contributed by atoms with Crippen LogP contribution in [0.5, 0.6) is 0 Å². The first kappa shape index (κ1) is 30.4. The molecular weight excluding hydrogens is 707 g/mol. The minimum atomic E-state index is 0.648. The van der Waals surface area contributed by atoms with Gasteiger partial charge in [0.25, 0.3) is 0 Å². The van der Waals surface area contributed by atoms with Gasteiger partial charge >= 0.3 is 0 Å². The first-order valence-electron chi connectivity index (χ1n) is 19.8. The minimum absolute atomic E-state index is 0.648. The van der Waals surface area contributed by atoms with E-state index < -0.39 is 0 Å². The van der Waals surface area contributed by atoms with Gasteiger partial charge in [-0.05, 0) is 101 Å². The Hall–Kier alpha value is -7.82. The van der Waals surface area contributed by atoms with Gasteiger partial charge in [0.05, 0.1) is 22.2 Å². The van der Waals surface area contributed by atoms with Crippen LogP contribution >= 0.6 is 0 Å². The molecule has 0 aliphatic rings. The first-order chi connectivity index (χ1) is 28.8. The van der Waals surface area contributed by atoms with Crippen molar-refractivity contribution in [2.75, 3.05) is 0 Å². The number of furan rings is 1. The Labute approximate surface area is 330 Å². The van der Waals surface area contributed by atoms with Gasteiger partial charge in [0.15, 0.2) is 0 Å². The maximum absolute atomic E-state index is 6.60. The molecule has 0 unspecified atom stereocenters. The van der Waals surface area contributed by atoms with Crippen molar-refractivity contribution in [1.82, 2.24) is 14.5 Å². The molecule has 11 aromatic carbocycles. The molecule has 0 N–H and O–H groups in total. The van der Waals surface area contributed by atoms with Crippen LogP contribution in [0.3, 0.4) is 0 Å². The highest BCUT2D eigenvalue weighted by Crippen LogP contribution is 2.48. The van der Waals surface area contributed by atoms with E-state index in [0.29, 0.717) is 5.95 Å². The normalized spacial score (nSPS) is 12.5. The van der Waals surface area contributed by atoms with E-state index in [1.165, 1.54) is 80.8 Å². The second kappa shape index (κ2) is 10.9. The molecule has 3 heterocycles. The molecule has 0 saturated carbocycles. The third-order valence-corrected chi connectivity index (χ3v) is 12.7. The van der Waals surface area contributed by atoms with E-state index in [-0.39, 0.29) is 0 Å². The average molecular weight is 736 g/mol. The van der Waals surface area contributed by atoms with Crippen LogP contribution in [0.15, 0.2) is 180 Å². The second-order valence-corrected chi connectivity index (χ2v) is 15.6. The number of aromatic nitrogens is 3. The van der Waals surface area contributed by atoms with Gasteiger partial charge in [-0.3, -0.25) is 4.57 Å². The van der Waals surface area contributed by atoms with E-state index in [4.69, 9.17) is 14.4 Å². The van der Waals surface area contributed by atoms with Crippen molar-refractivity contribution in [3.05, 3.63) is 176 Å². The SMILES string of the molecule is c1ccc2c(c1)ccc1cc(-c3nc(-n4c5ccccc5c5c6cccc7c8cccc9c%10c(cc(c(cc54)c76)c89)oc4ccccc4%10)nc4ccccc34)ccc12. The van der Waals surface area contributed by atoms with Gasteiger partial charge in [0.2, 0.25) is 5.95 Å². The molecule has 0 bridgehead atoms. The maximum Gasteiger partial charge on any atom is 0.235 e. The zero-order chi connectivity index (χ0) is 37.6. The van der Waals surface area contributed by atoms with Crippen LogP contribution in [0.1, 0.15) is 0 Å². The van der Waals surface area contributed by atoms with Gasteiger partial charge in [-0.15, -0.1) is 0 Å². The topological polar surface area (TPSA) is 43.9 Å². The predicted octanol–water partition coefficient (Wildman–Crippen LogP) is 14.7. The molecule has 4 nitrogen and oxygen atoms in total. The van der Waals surface area contributed by atoms with Crippen LogP contribution in [-0.4, -0.2) is 14.5 Å². The lowest BCUT2D eigenvalue weighted by Gasteiger charge is -2.16. The summed E-state index contributed by atoms with van der Waals surface area (Å²) in [6.45, 7) is 0. The molecule has 0 saturated heterocycles. The monoisotopic (exact) mass is 735 g/mol. The van der Waals surface area contributed by atoms with Crippen LogP contribution in [0.4, 0.5) is 0 Å². The van der Waals surface area contributed by atoms with E-state index in [2.05, 4.69) is 174 Å². The molecule has 0 spiro atoms. The van der Waals surface area contributed by atoms with Crippen molar-refractivity contribution in [2.45, 2.75) is 0 Å². The standard InChI is InChI=1S/C54H29N3O/c1-2-12-33-30(11-1)23-24-31-27-32(25-26-34(31)33)53-37-13-3-6-20-44(37)55-54(56-53)57-45-21-7-4-14-38(45)51-40-18-9-16-35-36-17-10-19-41-50(36)43(42(49(35)40)28-46(51)57)29-48-52(41)39-15-5-8-22-47(39)58-48/h1-29H. The summed E-state index contributed by atoms with van der Waals surface area (Å²) in [5, 5.41) is 20.5. The van der Waals surface area contributed by atoms with Crippen LogP contribution in [0.2, 0.25) is 0 Å². The van der Waals surface area contributed by atoms with Crippen LogP contribution in [-0.2, 0) is 0 Å². The fraction of sp³-hybridized carbons (Fsp3) is 0. The molecule has 3 aromatic heterocycles. The Bertz CT molecular complexity index is 4100. The summed E-state index contributed by atoms with van der Waals surface area (Å²) in [4.78, 5) is 10.9. The second-order valence-electron chi connectivity index (χ2n) is 15.6. The molecule has 14 aromatic rings. The summed E-state index contributed by atoms with van der Waals surface area (Å²) in [6, 6.07) is 63.5. The molecule has 58 heavy (non-hydrogen) atoms. The van der Waals surface area contributed by atoms with Crippen molar-refractivity contribution in [2.24, 2.45) is 0 Å². The van der Waals surface area contributed by atoms with Crippen LogP contribution < -0.4 is 0 Å². The van der Waals surface area contributed by atoms with Gasteiger partial charge in [0, 0.05) is 32.5 Å². The van der Waals surface area contributed by atoms with Crippen molar-refractivity contribution in [3.63, 3.8) is 0 Å². The minimum Gasteiger partial charge on any atom is -0.456 e. The fourth-order valence-electron chi connectivity index (χ4n) is 10.3. The van der Waals surface area contributed by atoms with Crippen molar-refractivity contribution >= 4 is 119 Å². The molecule has 14 rings (SSSR count). The lowest BCUT2D eigenvalue weighted by Crippen LogP contribution is -2.03. The maximum atomic E-state index is 6.60. The summed E-state index contributed by atoms with van der Waals surface area (Å²) in [5.74, 6) is 0.648. The molecule has 0 atom stereocenters. The van der Waals surface area contributed by atoms with Crippen LogP contribution in [0.25, 0.3) is 136 Å². The summed E-state index contributed by atoms with van der Waals surface area (Å²) < 4.78 is 8.88. The molecule has 4 heteroatoms. The van der Waals surface area contributed by atoms with Gasteiger partial charge in [-0.1, -0.05) is 140 Å². The van der Waals surface area contributed by atoms with E-state index in [1.807, 2.05) is 6.07 Å². The lowest BCUT2D eigenvalue weighted by atomic mass is 9.87. The highest BCUT2D eigenvalue weighted by Gasteiger charge is 2.24. The average Bonchev–Trinajstić information content (AvgIpc) is 3.83. The van der Waals surface area contributed by atoms with Crippen molar-refractivity contribution in [1.29, 1.82) is 0 Å². The highest BCUT2D eigenvalue weighted by atomic mass is 16.3. The quantitative estimate of drug-likeness (QED) is 0.131. The number of hydrogen-bond donors (Lipinski definition) is 0. The third kappa shape index (κ3) is 3.88.